The molecule has 0 aliphatic rings. The summed E-state index contributed by atoms with van der Waals surface area (Å²) in [5.41, 5.74) is 7.49. The Morgan fingerprint density at radius 1 is 1.33 bits per heavy atom. The van der Waals surface area contributed by atoms with Crippen LogP contribution in [0.25, 0.3) is 0 Å². The largest absolute Gasteiger partial charge is 0.490 e. The standard InChI is InChI=1S/C13H12Cl2F3NO2/c14-7-9(11(19)21-12(20)13(16,17)18)4-1-8-2-5-10(15)6-3-8/h2-3,5-7,11H,1,4,19H2/b9-7-. The molecular formula is C13H12Cl2F3NO2. The van der Waals surface area contributed by atoms with Crippen LogP contribution in [0.1, 0.15) is 12.0 Å². The Morgan fingerprint density at radius 2 is 1.90 bits per heavy atom. The van der Waals surface area contributed by atoms with E-state index in [1.165, 1.54) is 0 Å². The maximum absolute atomic E-state index is 12.1. The summed E-state index contributed by atoms with van der Waals surface area (Å²) in [5.74, 6) is -2.35. The summed E-state index contributed by atoms with van der Waals surface area (Å²) in [6.45, 7) is 0. The highest BCUT2D eigenvalue weighted by molar-refractivity contribution is 6.30. The van der Waals surface area contributed by atoms with Crippen molar-refractivity contribution >= 4 is 29.2 Å². The molecule has 0 saturated carbocycles. The molecule has 0 aliphatic heterocycles. The summed E-state index contributed by atoms with van der Waals surface area (Å²) < 4.78 is 40.3. The molecular weight excluding hydrogens is 330 g/mol. The van der Waals surface area contributed by atoms with E-state index in [-0.39, 0.29) is 12.0 Å². The number of aryl methyl sites for hydroxylation is 1. The lowest BCUT2D eigenvalue weighted by Crippen LogP contribution is -2.35. The van der Waals surface area contributed by atoms with E-state index >= 15 is 0 Å². The Labute approximate surface area is 129 Å². The fourth-order valence-electron chi connectivity index (χ4n) is 1.46. The number of halogens is 5. The number of hydrogen-bond donors (Lipinski definition) is 1. The van der Waals surface area contributed by atoms with Crippen LogP contribution in [0.5, 0.6) is 0 Å². The Morgan fingerprint density at radius 3 is 2.38 bits per heavy atom. The molecule has 0 heterocycles. The van der Waals surface area contributed by atoms with Gasteiger partial charge in [0.2, 0.25) is 0 Å². The van der Waals surface area contributed by atoms with Crippen LogP contribution in [-0.4, -0.2) is 18.4 Å². The minimum Gasteiger partial charge on any atom is -0.436 e. The quantitative estimate of drug-likeness (QED) is 0.654. The number of esters is 1. The fourth-order valence-corrected chi connectivity index (χ4v) is 1.82. The molecule has 0 saturated heterocycles. The molecule has 116 valence electrons. The molecule has 1 rings (SSSR count). The highest BCUT2D eigenvalue weighted by atomic mass is 35.5. The first-order valence-electron chi connectivity index (χ1n) is 5.81. The van der Waals surface area contributed by atoms with E-state index < -0.39 is 18.4 Å². The Kier molecular flexibility index (Phi) is 6.51. The number of nitrogens with two attached hydrogens (primary N) is 1. The topological polar surface area (TPSA) is 52.3 Å². The summed E-state index contributed by atoms with van der Waals surface area (Å²) >= 11 is 11.3. The molecule has 2 N–H and O–H groups in total. The molecule has 1 atom stereocenters. The number of carbonyl (C=O) groups is 1. The highest BCUT2D eigenvalue weighted by Gasteiger charge is 2.42. The molecule has 21 heavy (non-hydrogen) atoms. The van der Waals surface area contributed by atoms with Gasteiger partial charge in [-0.3, -0.25) is 5.73 Å². The molecule has 0 radical (unpaired) electrons. The number of benzene rings is 1. The van der Waals surface area contributed by atoms with Gasteiger partial charge < -0.3 is 4.74 Å². The van der Waals surface area contributed by atoms with Crippen molar-refractivity contribution in [3.05, 3.63) is 46.0 Å². The third-order valence-electron chi connectivity index (χ3n) is 2.59. The maximum Gasteiger partial charge on any atom is 0.490 e. The molecule has 0 aliphatic carbocycles. The zero-order valence-electron chi connectivity index (χ0n) is 10.7. The summed E-state index contributed by atoms with van der Waals surface area (Å²) in [7, 11) is 0. The molecule has 8 heteroatoms. The maximum atomic E-state index is 12.1. The van der Waals surface area contributed by atoms with Crippen molar-refractivity contribution in [3.63, 3.8) is 0 Å². The number of alkyl halides is 3. The smallest absolute Gasteiger partial charge is 0.436 e. The highest BCUT2D eigenvalue weighted by Crippen LogP contribution is 2.20. The third-order valence-corrected chi connectivity index (χ3v) is 3.12. The summed E-state index contributed by atoms with van der Waals surface area (Å²) in [6.07, 6.45) is -5.92. The van der Waals surface area contributed by atoms with Crippen LogP contribution in [0, 0.1) is 0 Å². The number of hydrogen-bond acceptors (Lipinski definition) is 3. The number of ether oxygens (including phenoxy) is 1. The number of rotatable bonds is 5. The van der Waals surface area contributed by atoms with Gasteiger partial charge in [-0.15, -0.1) is 0 Å². The summed E-state index contributed by atoms with van der Waals surface area (Å²) in [5, 5.41) is 0.572. The average molecular weight is 342 g/mol. The molecule has 1 unspecified atom stereocenters. The zero-order valence-corrected chi connectivity index (χ0v) is 12.2. The molecule has 0 fully saturated rings. The lowest BCUT2D eigenvalue weighted by molar-refractivity contribution is -0.203. The van der Waals surface area contributed by atoms with E-state index in [9.17, 15) is 18.0 Å². The van der Waals surface area contributed by atoms with Crippen molar-refractivity contribution < 1.29 is 22.7 Å². The minimum atomic E-state index is -5.09. The van der Waals surface area contributed by atoms with Gasteiger partial charge in [0, 0.05) is 10.6 Å². The summed E-state index contributed by atoms with van der Waals surface area (Å²) in [6, 6.07) is 6.90. The molecule has 0 amide bonds. The second kappa shape index (κ2) is 7.68. The monoisotopic (exact) mass is 341 g/mol. The second-order valence-corrected chi connectivity index (χ2v) is 4.79. The Hall–Kier alpha value is -1.24. The van der Waals surface area contributed by atoms with E-state index in [0.717, 1.165) is 11.1 Å². The molecule has 1 aromatic carbocycles. The summed E-state index contributed by atoms with van der Waals surface area (Å²) in [4.78, 5) is 10.7. The van der Waals surface area contributed by atoms with Crippen LogP contribution in [0.3, 0.4) is 0 Å². The number of carbonyl (C=O) groups excluding carboxylic acids is 1. The SMILES string of the molecule is NC(OC(=O)C(F)(F)F)/C(=C\Cl)CCc1ccc(Cl)cc1. The van der Waals surface area contributed by atoms with Gasteiger partial charge in [-0.05, 0) is 36.1 Å². The first-order chi connectivity index (χ1) is 9.74. The second-order valence-electron chi connectivity index (χ2n) is 4.13. The van der Waals surface area contributed by atoms with E-state index in [4.69, 9.17) is 28.9 Å². The van der Waals surface area contributed by atoms with Gasteiger partial charge in [0.05, 0.1) is 0 Å². The van der Waals surface area contributed by atoms with Gasteiger partial charge in [0.25, 0.3) is 0 Å². The van der Waals surface area contributed by atoms with Gasteiger partial charge in [-0.2, -0.15) is 13.2 Å². The fraction of sp³-hybridized carbons (Fsp3) is 0.308. The van der Waals surface area contributed by atoms with Crippen LogP contribution in [0.15, 0.2) is 35.4 Å². The molecule has 3 nitrogen and oxygen atoms in total. The van der Waals surface area contributed by atoms with E-state index in [1.54, 1.807) is 24.3 Å². The first kappa shape index (κ1) is 17.8. The van der Waals surface area contributed by atoms with Crippen molar-refractivity contribution in [2.24, 2.45) is 5.73 Å². The van der Waals surface area contributed by atoms with Gasteiger partial charge in [-0.25, -0.2) is 4.79 Å². The van der Waals surface area contributed by atoms with Gasteiger partial charge in [0.15, 0.2) is 6.23 Å². The average Bonchev–Trinajstić information content (AvgIpc) is 2.40. The van der Waals surface area contributed by atoms with Gasteiger partial charge in [0.1, 0.15) is 0 Å². The van der Waals surface area contributed by atoms with Crippen molar-refractivity contribution in [2.45, 2.75) is 25.2 Å². The van der Waals surface area contributed by atoms with Crippen molar-refractivity contribution in [3.8, 4) is 0 Å². The van der Waals surface area contributed by atoms with Gasteiger partial charge in [-0.1, -0.05) is 35.3 Å². The Balaban J connectivity index is 2.59. The Bertz CT molecular complexity index is 515. The third kappa shape index (κ3) is 5.95. The van der Waals surface area contributed by atoms with E-state index in [1.807, 2.05) is 0 Å². The van der Waals surface area contributed by atoms with Crippen LogP contribution in [0.4, 0.5) is 13.2 Å². The van der Waals surface area contributed by atoms with Crippen LogP contribution in [-0.2, 0) is 16.0 Å². The van der Waals surface area contributed by atoms with E-state index in [0.29, 0.717) is 11.4 Å². The normalized spacial score (nSPS) is 13.9. The van der Waals surface area contributed by atoms with Crippen molar-refractivity contribution in [1.29, 1.82) is 0 Å². The molecule has 0 spiro atoms. The molecule has 0 aromatic heterocycles. The predicted octanol–water partition coefficient (Wildman–Crippen LogP) is 3.79. The first-order valence-corrected chi connectivity index (χ1v) is 6.62. The van der Waals surface area contributed by atoms with Crippen molar-refractivity contribution in [1.82, 2.24) is 0 Å². The van der Waals surface area contributed by atoms with Crippen LogP contribution >= 0.6 is 23.2 Å². The zero-order chi connectivity index (χ0) is 16.0. The lowest BCUT2D eigenvalue weighted by atomic mass is 10.0. The van der Waals surface area contributed by atoms with Crippen LogP contribution in [0.2, 0.25) is 5.02 Å². The molecule has 1 aromatic rings. The van der Waals surface area contributed by atoms with Crippen molar-refractivity contribution in [2.75, 3.05) is 0 Å². The van der Waals surface area contributed by atoms with Gasteiger partial charge >= 0.3 is 12.1 Å². The minimum absolute atomic E-state index is 0.184. The lowest BCUT2D eigenvalue weighted by Gasteiger charge is -2.17. The van der Waals surface area contributed by atoms with E-state index in [2.05, 4.69) is 4.74 Å². The molecule has 0 bridgehead atoms. The van der Waals surface area contributed by atoms with Crippen LogP contribution < -0.4 is 5.73 Å². The predicted molar refractivity (Wildman–Crippen MR) is 73.8 cm³/mol.